The Labute approximate surface area is 133 Å². The quantitative estimate of drug-likeness (QED) is 0.736. The summed E-state index contributed by atoms with van der Waals surface area (Å²) in [6, 6.07) is 13.1. The third kappa shape index (κ3) is 3.50. The van der Waals surface area contributed by atoms with Gasteiger partial charge in [0.15, 0.2) is 0 Å². The molecule has 7 nitrogen and oxygen atoms in total. The lowest BCUT2D eigenvalue weighted by atomic mass is 10.2. The van der Waals surface area contributed by atoms with Gasteiger partial charge in [0.25, 0.3) is 10.2 Å². The van der Waals surface area contributed by atoms with Crippen LogP contribution in [0.15, 0.2) is 48.7 Å². The summed E-state index contributed by atoms with van der Waals surface area (Å²) in [5.41, 5.74) is 2.65. The highest BCUT2D eigenvalue weighted by Gasteiger charge is 2.07. The van der Waals surface area contributed by atoms with Crippen molar-refractivity contribution in [3.63, 3.8) is 0 Å². The molecule has 1 aromatic heterocycles. The first kappa shape index (κ1) is 15.5. The number of ether oxygens (including phenoxy) is 1. The van der Waals surface area contributed by atoms with Gasteiger partial charge in [-0.2, -0.15) is 18.2 Å². The Kier molecular flexibility index (Phi) is 4.03. The van der Waals surface area contributed by atoms with Gasteiger partial charge in [0.2, 0.25) is 0 Å². The summed E-state index contributed by atoms with van der Waals surface area (Å²) in [5.74, 6) is 0.779. The number of benzene rings is 2. The first-order valence-electron chi connectivity index (χ1n) is 6.85. The maximum atomic E-state index is 10.9. The first-order chi connectivity index (χ1) is 11.0. The fourth-order valence-corrected chi connectivity index (χ4v) is 2.65. The molecule has 8 heteroatoms. The zero-order valence-corrected chi connectivity index (χ0v) is 13.2. The van der Waals surface area contributed by atoms with Crippen LogP contribution < -0.4 is 14.6 Å². The van der Waals surface area contributed by atoms with Crippen molar-refractivity contribution < 1.29 is 13.2 Å². The number of nitrogens with two attached hydrogens (primary N) is 1. The number of nitrogens with one attached hydrogen (secondary N) is 1. The zero-order valence-electron chi connectivity index (χ0n) is 12.4. The van der Waals surface area contributed by atoms with Gasteiger partial charge in [-0.3, -0.25) is 0 Å². The molecule has 0 aliphatic heterocycles. The number of fused-ring (bicyclic) bond motifs is 1. The minimum atomic E-state index is -3.69. The van der Waals surface area contributed by atoms with Crippen LogP contribution in [0.1, 0.15) is 5.56 Å². The predicted molar refractivity (Wildman–Crippen MR) is 87.6 cm³/mol. The summed E-state index contributed by atoms with van der Waals surface area (Å²) < 4.78 is 31.1. The number of rotatable bonds is 5. The molecule has 0 fully saturated rings. The second-order valence-electron chi connectivity index (χ2n) is 5.01. The van der Waals surface area contributed by atoms with Gasteiger partial charge < -0.3 is 4.74 Å². The van der Waals surface area contributed by atoms with Crippen molar-refractivity contribution in [2.45, 2.75) is 6.54 Å². The van der Waals surface area contributed by atoms with Gasteiger partial charge in [0, 0.05) is 11.9 Å². The molecule has 2 aromatic carbocycles. The smallest absolute Gasteiger partial charge is 0.274 e. The van der Waals surface area contributed by atoms with E-state index in [2.05, 4.69) is 9.82 Å². The SMILES string of the molecule is COc1ccc2c(cnn2-c2ccc(CNS(N)(=O)=O)cc2)c1. The van der Waals surface area contributed by atoms with Gasteiger partial charge in [-0.05, 0) is 35.9 Å². The molecule has 0 amide bonds. The monoisotopic (exact) mass is 332 g/mol. The molecular weight excluding hydrogens is 316 g/mol. The highest BCUT2D eigenvalue weighted by atomic mass is 32.2. The lowest BCUT2D eigenvalue weighted by Gasteiger charge is -2.07. The lowest BCUT2D eigenvalue weighted by Crippen LogP contribution is -2.30. The summed E-state index contributed by atoms with van der Waals surface area (Å²) >= 11 is 0. The second kappa shape index (κ2) is 5.99. The van der Waals surface area contributed by atoms with Crippen molar-refractivity contribution in [2.75, 3.05) is 7.11 Å². The average molecular weight is 332 g/mol. The highest BCUT2D eigenvalue weighted by Crippen LogP contribution is 2.23. The maximum absolute atomic E-state index is 10.9. The first-order valence-corrected chi connectivity index (χ1v) is 8.39. The van der Waals surface area contributed by atoms with Crippen molar-refractivity contribution in [3.8, 4) is 11.4 Å². The minimum absolute atomic E-state index is 0.149. The van der Waals surface area contributed by atoms with E-state index >= 15 is 0 Å². The van der Waals surface area contributed by atoms with Crippen molar-refractivity contribution in [1.29, 1.82) is 0 Å². The standard InChI is InChI=1S/C15H16N4O3S/c1-22-14-6-7-15-12(8-14)10-17-19(15)13-4-2-11(3-5-13)9-18-23(16,20)21/h2-8,10,18H,9H2,1H3,(H2,16,20,21). The molecule has 0 atom stereocenters. The molecule has 0 spiro atoms. The van der Waals surface area contributed by atoms with Crippen LogP contribution in [0.4, 0.5) is 0 Å². The fourth-order valence-electron chi connectivity index (χ4n) is 2.28. The fraction of sp³-hybridized carbons (Fsp3) is 0.133. The maximum Gasteiger partial charge on any atom is 0.274 e. The Hall–Kier alpha value is -2.42. The van der Waals surface area contributed by atoms with Crippen LogP contribution in [0.2, 0.25) is 0 Å². The number of aromatic nitrogens is 2. The van der Waals surface area contributed by atoms with Crippen LogP contribution in [0, 0.1) is 0 Å². The van der Waals surface area contributed by atoms with Gasteiger partial charge >= 0.3 is 0 Å². The molecule has 0 unspecified atom stereocenters. The molecule has 0 radical (unpaired) electrons. The van der Waals surface area contributed by atoms with Crippen LogP contribution in [0.3, 0.4) is 0 Å². The van der Waals surface area contributed by atoms with Gasteiger partial charge in [-0.1, -0.05) is 12.1 Å². The molecule has 0 bridgehead atoms. The molecule has 3 N–H and O–H groups in total. The normalized spacial score (nSPS) is 11.7. The van der Waals surface area contributed by atoms with Gasteiger partial charge in [-0.25, -0.2) is 9.82 Å². The topological polar surface area (TPSA) is 99.2 Å². The minimum Gasteiger partial charge on any atom is -0.497 e. The van der Waals surface area contributed by atoms with E-state index in [-0.39, 0.29) is 6.54 Å². The third-order valence-electron chi connectivity index (χ3n) is 3.43. The van der Waals surface area contributed by atoms with E-state index < -0.39 is 10.2 Å². The van der Waals surface area contributed by atoms with Crippen molar-refractivity contribution >= 4 is 21.1 Å². The highest BCUT2D eigenvalue weighted by molar-refractivity contribution is 7.87. The number of hydrogen-bond donors (Lipinski definition) is 2. The van der Waals surface area contributed by atoms with E-state index in [1.807, 2.05) is 47.1 Å². The molecule has 1 heterocycles. The Balaban J connectivity index is 1.87. The van der Waals surface area contributed by atoms with E-state index in [4.69, 9.17) is 9.88 Å². The molecular formula is C15H16N4O3S. The van der Waals surface area contributed by atoms with E-state index in [1.165, 1.54) is 0 Å². The molecule has 0 aliphatic carbocycles. The van der Waals surface area contributed by atoms with E-state index in [1.54, 1.807) is 13.3 Å². The molecule has 3 aromatic rings. The van der Waals surface area contributed by atoms with Gasteiger partial charge in [0.05, 0.1) is 24.5 Å². The van der Waals surface area contributed by atoms with Crippen LogP contribution in [-0.2, 0) is 16.8 Å². The number of hydrogen-bond acceptors (Lipinski definition) is 4. The molecule has 3 rings (SSSR count). The molecule has 23 heavy (non-hydrogen) atoms. The summed E-state index contributed by atoms with van der Waals surface area (Å²) in [6.07, 6.45) is 1.77. The van der Waals surface area contributed by atoms with E-state index in [0.717, 1.165) is 27.9 Å². The van der Waals surface area contributed by atoms with Crippen LogP contribution in [0.25, 0.3) is 16.6 Å². The average Bonchev–Trinajstić information content (AvgIpc) is 2.95. The van der Waals surface area contributed by atoms with Crippen molar-refractivity contribution in [1.82, 2.24) is 14.5 Å². The number of methoxy groups -OCH3 is 1. The van der Waals surface area contributed by atoms with E-state index in [0.29, 0.717) is 0 Å². The molecule has 0 aliphatic rings. The van der Waals surface area contributed by atoms with Gasteiger partial charge in [-0.15, -0.1) is 0 Å². The Morgan fingerprint density at radius 3 is 2.61 bits per heavy atom. The lowest BCUT2D eigenvalue weighted by molar-refractivity contribution is 0.415. The molecule has 0 saturated carbocycles. The molecule has 120 valence electrons. The van der Waals surface area contributed by atoms with E-state index in [9.17, 15) is 8.42 Å². The summed E-state index contributed by atoms with van der Waals surface area (Å²) in [4.78, 5) is 0. The second-order valence-corrected chi connectivity index (χ2v) is 6.39. The van der Waals surface area contributed by atoms with Crippen LogP contribution >= 0.6 is 0 Å². The Bertz CT molecular complexity index is 933. The van der Waals surface area contributed by atoms with Crippen molar-refractivity contribution in [3.05, 3.63) is 54.2 Å². The third-order valence-corrected chi connectivity index (χ3v) is 3.98. The summed E-state index contributed by atoms with van der Waals surface area (Å²) in [7, 11) is -2.07. The predicted octanol–water partition coefficient (Wildman–Crippen LogP) is 1.33. The van der Waals surface area contributed by atoms with Gasteiger partial charge in [0.1, 0.15) is 5.75 Å². The Morgan fingerprint density at radius 1 is 1.22 bits per heavy atom. The van der Waals surface area contributed by atoms with Crippen LogP contribution in [0.5, 0.6) is 5.75 Å². The summed E-state index contributed by atoms with van der Waals surface area (Å²) in [6.45, 7) is 0.149. The largest absolute Gasteiger partial charge is 0.497 e. The number of nitrogens with zero attached hydrogens (tertiary/aromatic N) is 2. The zero-order chi connectivity index (χ0) is 16.4. The summed E-state index contributed by atoms with van der Waals surface area (Å²) in [5, 5.41) is 10.3. The van der Waals surface area contributed by atoms with Crippen molar-refractivity contribution in [2.24, 2.45) is 5.14 Å². The molecule has 0 saturated heterocycles. The van der Waals surface area contributed by atoms with Crippen LogP contribution in [-0.4, -0.2) is 25.3 Å². The Morgan fingerprint density at radius 2 is 1.96 bits per heavy atom.